The molecule has 0 unspecified atom stereocenters. The second-order valence-corrected chi connectivity index (χ2v) is 4.24. The van der Waals surface area contributed by atoms with Gasteiger partial charge >= 0.3 is 0 Å². The van der Waals surface area contributed by atoms with Crippen molar-refractivity contribution < 1.29 is 4.74 Å². The van der Waals surface area contributed by atoms with E-state index in [1.807, 2.05) is 25.1 Å². The van der Waals surface area contributed by atoms with Crippen molar-refractivity contribution in [1.29, 1.82) is 0 Å². The Morgan fingerprint density at radius 2 is 2.20 bits per heavy atom. The summed E-state index contributed by atoms with van der Waals surface area (Å²) < 4.78 is 5.54. The Morgan fingerprint density at radius 1 is 1.40 bits per heavy atom. The fourth-order valence-corrected chi connectivity index (χ4v) is 1.72. The van der Waals surface area contributed by atoms with Gasteiger partial charge in [0.05, 0.1) is 12.2 Å². The molecule has 1 heterocycles. The van der Waals surface area contributed by atoms with Crippen LogP contribution in [0.1, 0.15) is 12.7 Å². The first-order valence-corrected chi connectivity index (χ1v) is 6.50. The molecule has 20 heavy (non-hydrogen) atoms. The Kier molecular flexibility index (Phi) is 4.60. The molecule has 0 radical (unpaired) electrons. The average Bonchev–Trinajstić information content (AvgIpc) is 2.44. The molecule has 1 aromatic heterocycles. The second kappa shape index (κ2) is 6.60. The molecule has 0 amide bonds. The zero-order valence-electron chi connectivity index (χ0n) is 11.3. The molecule has 2 aromatic rings. The lowest BCUT2D eigenvalue weighted by Gasteiger charge is -2.10. The van der Waals surface area contributed by atoms with Crippen LogP contribution in [0, 0.1) is 0 Å². The lowest BCUT2D eigenvalue weighted by atomic mass is 10.3. The summed E-state index contributed by atoms with van der Waals surface area (Å²) in [5, 5.41) is 3.05. The molecule has 0 fully saturated rings. The quantitative estimate of drug-likeness (QED) is 0.547. The van der Waals surface area contributed by atoms with Crippen molar-refractivity contribution in [3.8, 4) is 5.75 Å². The zero-order chi connectivity index (χ0) is 14.4. The van der Waals surface area contributed by atoms with Gasteiger partial charge in [-0.25, -0.2) is 4.98 Å². The predicted molar refractivity (Wildman–Crippen MR) is 79.1 cm³/mol. The van der Waals surface area contributed by atoms with Gasteiger partial charge in [0, 0.05) is 12.5 Å². The maximum absolute atomic E-state index is 11.4. The van der Waals surface area contributed by atoms with Crippen molar-refractivity contribution in [2.24, 2.45) is 0 Å². The van der Waals surface area contributed by atoms with Crippen molar-refractivity contribution in [1.82, 2.24) is 9.97 Å². The van der Waals surface area contributed by atoms with Crippen LogP contribution in [-0.4, -0.2) is 23.1 Å². The summed E-state index contributed by atoms with van der Waals surface area (Å²) >= 11 is 0. The molecule has 0 saturated carbocycles. The molecule has 4 N–H and O–H groups in total. The summed E-state index contributed by atoms with van der Waals surface area (Å²) in [7, 11) is 0. The van der Waals surface area contributed by atoms with Gasteiger partial charge in [-0.3, -0.25) is 4.79 Å². The van der Waals surface area contributed by atoms with Gasteiger partial charge in [0.1, 0.15) is 24.0 Å². The second-order valence-electron chi connectivity index (χ2n) is 4.24. The normalized spacial score (nSPS) is 10.2. The van der Waals surface area contributed by atoms with E-state index >= 15 is 0 Å². The van der Waals surface area contributed by atoms with Crippen LogP contribution < -0.4 is 21.3 Å². The van der Waals surface area contributed by atoms with E-state index in [1.54, 1.807) is 6.07 Å². The third kappa shape index (κ3) is 3.74. The van der Waals surface area contributed by atoms with Crippen molar-refractivity contribution in [3.63, 3.8) is 0 Å². The SMILES string of the molecule is CCc1nc(NCCOc2ccccc2N)cc(=O)[nH]1. The molecule has 0 atom stereocenters. The zero-order valence-corrected chi connectivity index (χ0v) is 11.3. The van der Waals surface area contributed by atoms with E-state index < -0.39 is 0 Å². The van der Waals surface area contributed by atoms with Crippen LogP contribution in [0.4, 0.5) is 11.5 Å². The fourth-order valence-electron chi connectivity index (χ4n) is 1.72. The van der Waals surface area contributed by atoms with Crippen LogP contribution in [0.2, 0.25) is 0 Å². The molecule has 6 nitrogen and oxygen atoms in total. The smallest absolute Gasteiger partial charge is 0.252 e. The van der Waals surface area contributed by atoms with Crippen LogP contribution >= 0.6 is 0 Å². The maximum Gasteiger partial charge on any atom is 0.252 e. The van der Waals surface area contributed by atoms with E-state index in [0.29, 0.717) is 42.7 Å². The molecule has 0 aliphatic rings. The number of para-hydroxylation sites is 2. The first-order chi connectivity index (χ1) is 9.69. The van der Waals surface area contributed by atoms with E-state index in [1.165, 1.54) is 6.07 Å². The van der Waals surface area contributed by atoms with Crippen molar-refractivity contribution in [2.75, 3.05) is 24.2 Å². The average molecular weight is 274 g/mol. The molecule has 0 spiro atoms. The first-order valence-electron chi connectivity index (χ1n) is 6.50. The Labute approximate surface area is 117 Å². The van der Waals surface area contributed by atoms with Gasteiger partial charge in [0.15, 0.2) is 0 Å². The highest BCUT2D eigenvalue weighted by atomic mass is 16.5. The third-order valence-electron chi connectivity index (χ3n) is 2.71. The van der Waals surface area contributed by atoms with Gasteiger partial charge in [-0.1, -0.05) is 19.1 Å². The summed E-state index contributed by atoms with van der Waals surface area (Å²) in [6.45, 7) is 2.90. The van der Waals surface area contributed by atoms with E-state index in [-0.39, 0.29) is 5.56 Å². The highest BCUT2D eigenvalue weighted by molar-refractivity contribution is 5.51. The van der Waals surface area contributed by atoms with Gasteiger partial charge in [-0.15, -0.1) is 0 Å². The molecular formula is C14H18N4O2. The van der Waals surface area contributed by atoms with Crippen molar-refractivity contribution >= 4 is 11.5 Å². The summed E-state index contributed by atoms with van der Waals surface area (Å²) in [6.07, 6.45) is 0.682. The predicted octanol–water partition coefficient (Wildman–Crippen LogP) is 1.41. The minimum atomic E-state index is -0.160. The van der Waals surface area contributed by atoms with Crippen LogP contribution in [0.25, 0.3) is 0 Å². The fraction of sp³-hybridized carbons (Fsp3) is 0.286. The lowest BCUT2D eigenvalue weighted by molar-refractivity contribution is 0.334. The number of aromatic amines is 1. The summed E-state index contributed by atoms with van der Waals surface area (Å²) in [4.78, 5) is 18.3. The number of hydrogen-bond acceptors (Lipinski definition) is 5. The molecular weight excluding hydrogens is 256 g/mol. The summed E-state index contributed by atoms with van der Waals surface area (Å²) in [6, 6.07) is 8.75. The van der Waals surface area contributed by atoms with Gasteiger partial charge in [0.2, 0.25) is 0 Å². The number of nitrogen functional groups attached to an aromatic ring is 1. The van der Waals surface area contributed by atoms with E-state index in [9.17, 15) is 4.79 Å². The standard InChI is InChI=1S/C14H18N4O2/c1-2-12-17-13(9-14(19)18-12)16-7-8-20-11-6-4-3-5-10(11)15/h3-6,9H,2,7-8,15H2,1H3,(H2,16,17,18,19). The number of anilines is 2. The van der Waals surface area contributed by atoms with Crippen molar-refractivity contribution in [3.05, 3.63) is 46.5 Å². The van der Waals surface area contributed by atoms with E-state index in [0.717, 1.165) is 0 Å². The molecule has 106 valence electrons. The van der Waals surface area contributed by atoms with Gasteiger partial charge in [-0.05, 0) is 12.1 Å². The number of hydrogen-bond donors (Lipinski definition) is 3. The van der Waals surface area contributed by atoms with Crippen LogP contribution in [0.5, 0.6) is 5.75 Å². The molecule has 1 aromatic carbocycles. The Bertz CT molecular complexity index is 625. The number of aromatic nitrogens is 2. The number of nitrogens with two attached hydrogens (primary N) is 1. The van der Waals surface area contributed by atoms with Gasteiger partial charge in [0.25, 0.3) is 5.56 Å². The highest BCUT2D eigenvalue weighted by Crippen LogP contribution is 2.19. The van der Waals surface area contributed by atoms with E-state index in [4.69, 9.17) is 10.5 Å². The van der Waals surface area contributed by atoms with Gasteiger partial charge in [-0.2, -0.15) is 0 Å². The van der Waals surface area contributed by atoms with Crippen LogP contribution in [0.15, 0.2) is 35.1 Å². The topological polar surface area (TPSA) is 93.0 Å². The molecule has 6 heteroatoms. The number of ether oxygens (including phenoxy) is 1. The minimum absolute atomic E-state index is 0.160. The number of aryl methyl sites for hydroxylation is 1. The number of nitrogens with zero attached hydrogens (tertiary/aromatic N) is 1. The summed E-state index contributed by atoms with van der Waals surface area (Å²) in [5.74, 6) is 1.87. The van der Waals surface area contributed by atoms with E-state index in [2.05, 4.69) is 15.3 Å². The number of nitrogens with one attached hydrogen (secondary N) is 2. The maximum atomic E-state index is 11.4. The number of H-pyrrole nitrogens is 1. The molecule has 0 aliphatic heterocycles. The number of rotatable bonds is 6. The Morgan fingerprint density at radius 3 is 2.95 bits per heavy atom. The third-order valence-corrected chi connectivity index (χ3v) is 2.71. The number of benzene rings is 1. The van der Waals surface area contributed by atoms with Crippen LogP contribution in [0.3, 0.4) is 0 Å². The minimum Gasteiger partial charge on any atom is -0.490 e. The molecule has 0 saturated heterocycles. The lowest BCUT2D eigenvalue weighted by Crippen LogP contribution is -2.17. The monoisotopic (exact) mass is 274 g/mol. The Balaban J connectivity index is 1.86. The Hall–Kier alpha value is -2.50. The summed E-state index contributed by atoms with van der Waals surface area (Å²) in [5.41, 5.74) is 6.22. The molecule has 2 rings (SSSR count). The first kappa shape index (κ1) is 13.9. The van der Waals surface area contributed by atoms with Crippen LogP contribution in [-0.2, 0) is 6.42 Å². The molecule has 0 aliphatic carbocycles. The molecule has 0 bridgehead atoms. The van der Waals surface area contributed by atoms with Crippen molar-refractivity contribution in [2.45, 2.75) is 13.3 Å². The highest BCUT2D eigenvalue weighted by Gasteiger charge is 2.00. The van der Waals surface area contributed by atoms with Gasteiger partial charge < -0.3 is 20.8 Å². The largest absolute Gasteiger partial charge is 0.490 e.